The topological polar surface area (TPSA) is 102 Å². The lowest BCUT2D eigenvalue weighted by Gasteiger charge is -2.10. The molecule has 0 aliphatic carbocycles. The van der Waals surface area contributed by atoms with E-state index in [9.17, 15) is 18.0 Å². The molecule has 172 valence electrons. The van der Waals surface area contributed by atoms with E-state index in [-0.39, 0.29) is 12.2 Å². The highest BCUT2D eigenvalue weighted by Gasteiger charge is 2.32. The molecule has 8 nitrogen and oxygen atoms in total. The summed E-state index contributed by atoms with van der Waals surface area (Å²) in [5.41, 5.74) is 2.37. The van der Waals surface area contributed by atoms with Gasteiger partial charge in [0, 0.05) is 29.7 Å². The van der Waals surface area contributed by atoms with E-state index < -0.39 is 17.6 Å². The van der Waals surface area contributed by atoms with Crippen molar-refractivity contribution >= 4 is 5.65 Å². The standard InChI is InChI=1S/C24H14F3N7O/c25-24(26,27)20-6-3-16(12-30-20)14-33-23(35)34-22(32-33)21(18-7-9-29-10-8-18)19(13-31-34)17-4-1-15(11-28)2-5-17/h1-10,12-13H,14H2. The molecule has 35 heavy (non-hydrogen) atoms. The van der Waals surface area contributed by atoms with Crippen LogP contribution in [-0.4, -0.2) is 29.4 Å². The lowest BCUT2D eigenvalue weighted by molar-refractivity contribution is -0.141. The van der Waals surface area contributed by atoms with Crippen molar-refractivity contribution in [3.8, 4) is 28.3 Å². The summed E-state index contributed by atoms with van der Waals surface area (Å²) in [6.07, 6.45) is 1.27. The lowest BCUT2D eigenvalue weighted by atomic mass is 9.97. The first-order chi connectivity index (χ1) is 16.8. The van der Waals surface area contributed by atoms with Crippen LogP contribution in [-0.2, 0) is 12.7 Å². The van der Waals surface area contributed by atoms with Gasteiger partial charge < -0.3 is 0 Å². The predicted octanol–water partition coefficient (Wildman–Crippen LogP) is 3.95. The van der Waals surface area contributed by atoms with Crippen LogP contribution in [0.4, 0.5) is 13.2 Å². The summed E-state index contributed by atoms with van der Waals surface area (Å²) in [6, 6.07) is 14.6. The Balaban J connectivity index is 1.65. The molecule has 0 N–H and O–H groups in total. The smallest absolute Gasteiger partial charge is 0.265 e. The van der Waals surface area contributed by atoms with Gasteiger partial charge in [-0.15, -0.1) is 5.10 Å². The Bertz CT molecular complexity index is 1620. The second-order valence-corrected chi connectivity index (χ2v) is 7.58. The summed E-state index contributed by atoms with van der Waals surface area (Å²) in [4.78, 5) is 20.5. The number of benzene rings is 1. The van der Waals surface area contributed by atoms with Gasteiger partial charge in [0.2, 0.25) is 0 Å². The largest absolute Gasteiger partial charge is 0.433 e. The molecule has 0 atom stereocenters. The van der Waals surface area contributed by atoms with E-state index in [1.54, 1.807) is 48.8 Å². The Morgan fingerprint density at radius 1 is 0.943 bits per heavy atom. The number of rotatable bonds is 4. The summed E-state index contributed by atoms with van der Waals surface area (Å²) in [5.74, 6) is 0. The van der Waals surface area contributed by atoms with E-state index in [0.717, 1.165) is 32.6 Å². The Morgan fingerprint density at radius 2 is 1.69 bits per heavy atom. The summed E-state index contributed by atoms with van der Waals surface area (Å²) in [5, 5.41) is 17.8. The Kier molecular flexibility index (Phi) is 5.33. The summed E-state index contributed by atoms with van der Waals surface area (Å²) in [7, 11) is 0. The van der Waals surface area contributed by atoms with Gasteiger partial charge in [-0.05, 0) is 47.0 Å². The van der Waals surface area contributed by atoms with Crippen LogP contribution in [0.2, 0.25) is 0 Å². The highest BCUT2D eigenvalue weighted by atomic mass is 19.4. The van der Waals surface area contributed by atoms with Gasteiger partial charge in [0.15, 0.2) is 5.65 Å². The number of fused-ring (bicyclic) bond motifs is 1. The van der Waals surface area contributed by atoms with E-state index in [2.05, 4.69) is 26.2 Å². The first kappa shape index (κ1) is 22.0. The molecule has 0 unspecified atom stereocenters. The molecule has 1 aromatic carbocycles. The molecule has 0 bridgehead atoms. The molecule has 4 heterocycles. The van der Waals surface area contributed by atoms with Crippen LogP contribution in [0.1, 0.15) is 16.8 Å². The number of nitriles is 1. The number of nitrogens with zero attached hydrogens (tertiary/aromatic N) is 7. The van der Waals surface area contributed by atoms with Crippen molar-refractivity contribution in [1.82, 2.24) is 29.4 Å². The highest BCUT2D eigenvalue weighted by Crippen LogP contribution is 2.34. The minimum atomic E-state index is -4.55. The normalized spacial score (nSPS) is 11.5. The van der Waals surface area contributed by atoms with Gasteiger partial charge in [0.1, 0.15) is 5.69 Å². The van der Waals surface area contributed by atoms with E-state index in [0.29, 0.717) is 22.3 Å². The molecule has 0 fully saturated rings. The van der Waals surface area contributed by atoms with Gasteiger partial charge in [-0.2, -0.15) is 28.0 Å². The van der Waals surface area contributed by atoms with Crippen molar-refractivity contribution in [2.45, 2.75) is 12.7 Å². The molecule has 0 amide bonds. The Morgan fingerprint density at radius 3 is 2.31 bits per heavy atom. The maximum Gasteiger partial charge on any atom is 0.433 e. The second-order valence-electron chi connectivity index (χ2n) is 7.58. The van der Waals surface area contributed by atoms with E-state index in [1.165, 1.54) is 12.3 Å². The van der Waals surface area contributed by atoms with E-state index >= 15 is 0 Å². The zero-order chi connectivity index (χ0) is 24.6. The highest BCUT2D eigenvalue weighted by molar-refractivity contribution is 5.91. The quantitative estimate of drug-likeness (QED) is 0.392. The zero-order valence-electron chi connectivity index (χ0n) is 17.8. The Hall–Kier alpha value is -4.85. The molecule has 0 saturated carbocycles. The fraction of sp³-hybridized carbons (Fsp3) is 0.0833. The Labute approximate surface area is 195 Å². The summed E-state index contributed by atoms with van der Waals surface area (Å²) < 4.78 is 40.7. The van der Waals surface area contributed by atoms with Crippen molar-refractivity contribution in [2.75, 3.05) is 0 Å². The number of alkyl halides is 3. The molecular weight excluding hydrogens is 459 g/mol. The van der Waals surface area contributed by atoms with Gasteiger partial charge in [-0.3, -0.25) is 9.97 Å². The maximum atomic E-state index is 13.0. The molecule has 0 aliphatic rings. The van der Waals surface area contributed by atoms with Crippen LogP contribution in [0.15, 0.2) is 78.1 Å². The molecular formula is C24H14F3N7O. The van der Waals surface area contributed by atoms with Gasteiger partial charge in [-0.1, -0.05) is 18.2 Å². The fourth-order valence-electron chi connectivity index (χ4n) is 3.67. The van der Waals surface area contributed by atoms with Crippen molar-refractivity contribution in [2.24, 2.45) is 0 Å². The summed E-state index contributed by atoms with van der Waals surface area (Å²) in [6.45, 7) is -0.0880. The number of halogens is 3. The second kappa shape index (κ2) is 8.49. The van der Waals surface area contributed by atoms with Crippen LogP contribution in [0.25, 0.3) is 27.9 Å². The van der Waals surface area contributed by atoms with Crippen LogP contribution in [0.3, 0.4) is 0 Å². The molecule has 5 rings (SSSR count). The first-order valence-electron chi connectivity index (χ1n) is 10.3. The molecule has 0 saturated heterocycles. The molecule has 0 spiro atoms. The summed E-state index contributed by atoms with van der Waals surface area (Å²) >= 11 is 0. The van der Waals surface area contributed by atoms with Crippen molar-refractivity contribution in [3.05, 3.63) is 101 Å². The van der Waals surface area contributed by atoms with Crippen LogP contribution in [0.5, 0.6) is 0 Å². The monoisotopic (exact) mass is 473 g/mol. The SMILES string of the molecule is N#Cc1ccc(-c2cnn3c(=O)n(Cc4ccc(C(F)(F)F)nc4)nc3c2-c2ccncc2)cc1. The third kappa shape index (κ3) is 4.13. The third-order valence-corrected chi connectivity index (χ3v) is 5.35. The molecule has 5 aromatic rings. The molecule has 4 aromatic heterocycles. The van der Waals surface area contributed by atoms with Crippen LogP contribution in [0, 0.1) is 11.3 Å². The molecule has 0 radical (unpaired) electrons. The number of pyridine rings is 2. The lowest BCUT2D eigenvalue weighted by Crippen LogP contribution is -2.23. The van der Waals surface area contributed by atoms with E-state index in [1.807, 2.05) is 0 Å². The van der Waals surface area contributed by atoms with Gasteiger partial charge in [0.25, 0.3) is 0 Å². The number of hydrogen-bond acceptors (Lipinski definition) is 6. The third-order valence-electron chi connectivity index (χ3n) is 5.35. The first-order valence-corrected chi connectivity index (χ1v) is 10.3. The average molecular weight is 473 g/mol. The van der Waals surface area contributed by atoms with Crippen molar-refractivity contribution in [3.63, 3.8) is 0 Å². The van der Waals surface area contributed by atoms with Gasteiger partial charge in [0.05, 0.1) is 24.4 Å². The number of hydrogen-bond donors (Lipinski definition) is 0. The van der Waals surface area contributed by atoms with Crippen LogP contribution < -0.4 is 5.69 Å². The van der Waals surface area contributed by atoms with Crippen molar-refractivity contribution < 1.29 is 13.2 Å². The van der Waals surface area contributed by atoms with Gasteiger partial charge >= 0.3 is 11.9 Å². The van der Waals surface area contributed by atoms with Crippen molar-refractivity contribution in [1.29, 1.82) is 5.26 Å². The minimum Gasteiger partial charge on any atom is -0.265 e. The van der Waals surface area contributed by atoms with Gasteiger partial charge in [-0.25, -0.2) is 9.48 Å². The zero-order valence-corrected chi connectivity index (χ0v) is 17.8. The van der Waals surface area contributed by atoms with E-state index in [4.69, 9.17) is 5.26 Å². The minimum absolute atomic E-state index is 0.0880. The maximum absolute atomic E-state index is 13.0. The number of aromatic nitrogens is 6. The van der Waals surface area contributed by atoms with Crippen LogP contribution >= 0.6 is 0 Å². The molecule has 0 aliphatic heterocycles. The predicted molar refractivity (Wildman–Crippen MR) is 119 cm³/mol. The average Bonchev–Trinajstić information content (AvgIpc) is 3.19. The fourth-order valence-corrected chi connectivity index (χ4v) is 3.67. The molecule has 11 heteroatoms.